The van der Waals surface area contributed by atoms with E-state index in [0.29, 0.717) is 0 Å². The second kappa shape index (κ2) is 5.23. The maximum Gasteiger partial charge on any atom is 0.195 e. The van der Waals surface area contributed by atoms with Crippen LogP contribution in [0.25, 0.3) is 11.3 Å². The smallest absolute Gasteiger partial charge is 0.195 e. The van der Waals surface area contributed by atoms with E-state index < -0.39 is 17.5 Å². The van der Waals surface area contributed by atoms with E-state index in [1.165, 1.54) is 13.2 Å². The Balaban J connectivity index is 2.55. The predicted octanol–water partition coefficient (Wildman–Crippen LogP) is 2.29. The molecule has 1 aromatic heterocycles. The molecule has 1 aromatic carbocycles. The number of methoxy groups -OCH3 is 1. The number of ether oxygens (including phenoxy) is 1. The molecule has 0 saturated carbocycles. The van der Waals surface area contributed by atoms with Gasteiger partial charge in [0.1, 0.15) is 12.4 Å². The van der Waals surface area contributed by atoms with Gasteiger partial charge in [-0.15, -0.1) is 0 Å². The van der Waals surface area contributed by atoms with Crippen LogP contribution < -0.4 is 5.73 Å². The first kappa shape index (κ1) is 13.3. The molecule has 0 radical (unpaired) electrons. The lowest BCUT2D eigenvalue weighted by Gasteiger charge is -2.07. The number of nitrogens with zero attached hydrogens (tertiary/aromatic N) is 2. The molecule has 0 aliphatic carbocycles. The lowest BCUT2D eigenvalue weighted by molar-refractivity contribution is 0.178. The van der Waals surface area contributed by atoms with E-state index in [4.69, 9.17) is 10.5 Å². The first-order valence-electron chi connectivity index (χ1n) is 5.29. The molecule has 0 aliphatic rings. The first-order chi connectivity index (χ1) is 9.02. The van der Waals surface area contributed by atoms with Crippen molar-refractivity contribution in [1.29, 1.82) is 0 Å². The fraction of sp³-hybridized carbons (Fsp3) is 0.167. The van der Waals surface area contributed by atoms with Crippen molar-refractivity contribution < 1.29 is 17.9 Å². The largest absolute Gasteiger partial charge is 0.384 e. The fourth-order valence-electron chi connectivity index (χ4n) is 1.57. The van der Waals surface area contributed by atoms with E-state index in [1.807, 2.05) is 0 Å². The van der Waals surface area contributed by atoms with Gasteiger partial charge >= 0.3 is 0 Å². The standard InChI is InChI=1S/C12H10F3N3O/c1-19-5-10-17-8(4-9(16)18-10)6-2-3-7(13)12(15)11(6)14/h2-4H,5H2,1H3,(H2,16,17,18). The number of nitrogens with two attached hydrogens (primary N) is 1. The van der Waals surface area contributed by atoms with Crippen molar-refractivity contribution in [3.63, 3.8) is 0 Å². The molecular formula is C12H10F3N3O. The van der Waals surface area contributed by atoms with Crippen LogP contribution in [0.4, 0.5) is 19.0 Å². The van der Waals surface area contributed by atoms with Gasteiger partial charge in [0, 0.05) is 18.7 Å². The summed E-state index contributed by atoms with van der Waals surface area (Å²) in [4.78, 5) is 7.85. The van der Waals surface area contributed by atoms with E-state index >= 15 is 0 Å². The van der Waals surface area contributed by atoms with Gasteiger partial charge in [-0.3, -0.25) is 0 Å². The van der Waals surface area contributed by atoms with Crippen LogP contribution in [-0.2, 0) is 11.3 Å². The van der Waals surface area contributed by atoms with Crippen LogP contribution in [0.2, 0.25) is 0 Å². The Hall–Kier alpha value is -2.15. The fourth-order valence-corrected chi connectivity index (χ4v) is 1.57. The van der Waals surface area contributed by atoms with Crippen molar-refractivity contribution >= 4 is 5.82 Å². The molecule has 4 nitrogen and oxygen atoms in total. The Morgan fingerprint density at radius 1 is 1.16 bits per heavy atom. The van der Waals surface area contributed by atoms with Crippen molar-refractivity contribution in [1.82, 2.24) is 9.97 Å². The van der Waals surface area contributed by atoms with Crippen molar-refractivity contribution in [3.05, 3.63) is 41.5 Å². The van der Waals surface area contributed by atoms with Gasteiger partial charge in [-0.2, -0.15) is 0 Å². The van der Waals surface area contributed by atoms with Gasteiger partial charge in [0.2, 0.25) is 0 Å². The zero-order valence-corrected chi connectivity index (χ0v) is 9.95. The molecule has 0 saturated heterocycles. The molecule has 0 bridgehead atoms. The van der Waals surface area contributed by atoms with Gasteiger partial charge in [-0.1, -0.05) is 0 Å². The molecule has 0 spiro atoms. The number of aromatic nitrogens is 2. The summed E-state index contributed by atoms with van der Waals surface area (Å²) in [5, 5.41) is 0. The third kappa shape index (κ3) is 2.65. The Kier molecular flexibility index (Phi) is 3.66. The summed E-state index contributed by atoms with van der Waals surface area (Å²) in [6.45, 7) is 0.0728. The normalized spacial score (nSPS) is 10.7. The summed E-state index contributed by atoms with van der Waals surface area (Å²) in [5.74, 6) is -3.83. The Labute approximate surface area is 107 Å². The van der Waals surface area contributed by atoms with Crippen LogP contribution >= 0.6 is 0 Å². The summed E-state index contributed by atoms with van der Waals surface area (Å²) in [5.41, 5.74) is 5.42. The quantitative estimate of drug-likeness (QED) is 0.868. The van der Waals surface area contributed by atoms with Crippen LogP contribution in [0.1, 0.15) is 5.82 Å². The van der Waals surface area contributed by atoms with Crippen LogP contribution in [0, 0.1) is 17.5 Å². The Bertz CT molecular complexity index is 619. The molecule has 100 valence electrons. The summed E-state index contributed by atoms with van der Waals surface area (Å²) in [6, 6.07) is 3.18. The van der Waals surface area contributed by atoms with Gasteiger partial charge in [-0.25, -0.2) is 23.1 Å². The highest BCUT2D eigenvalue weighted by atomic mass is 19.2. The SMILES string of the molecule is COCc1nc(N)cc(-c2ccc(F)c(F)c2F)n1. The van der Waals surface area contributed by atoms with Gasteiger partial charge in [0.15, 0.2) is 23.3 Å². The van der Waals surface area contributed by atoms with Crippen LogP contribution in [0.15, 0.2) is 18.2 Å². The molecule has 2 rings (SSSR count). The molecule has 19 heavy (non-hydrogen) atoms. The molecule has 0 atom stereocenters. The number of halogens is 3. The number of benzene rings is 1. The number of rotatable bonds is 3. The van der Waals surface area contributed by atoms with Gasteiger partial charge < -0.3 is 10.5 Å². The van der Waals surface area contributed by atoms with E-state index in [-0.39, 0.29) is 29.5 Å². The summed E-state index contributed by atoms with van der Waals surface area (Å²) in [6.07, 6.45) is 0. The van der Waals surface area contributed by atoms with Crippen LogP contribution in [0.5, 0.6) is 0 Å². The zero-order valence-electron chi connectivity index (χ0n) is 9.95. The molecule has 2 N–H and O–H groups in total. The lowest BCUT2D eigenvalue weighted by atomic mass is 10.1. The molecule has 0 fully saturated rings. The summed E-state index contributed by atoms with van der Waals surface area (Å²) in [7, 11) is 1.43. The third-order valence-electron chi connectivity index (χ3n) is 2.38. The van der Waals surface area contributed by atoms with Crippen molar-refractivity contribution in [2.45, 2.75) is 6.61 Å². The van der Waals surface area contributed by atoms with Gasteiger partial charge in [-0.05, 0) is 12.1 Å². The number of hydrogen-bond acceptors (Lipinski definition) is 4. The molecule has 0 unspecified atom stereocenters. The highest BCUT2D eigenvalue weighted by Gasteiger charge is 2.16. The maximum absolute atomic E-state index is 13.6. The van der Waals surface area contributed by atoms with E-state index in [9.17, 15) is 13.2 Å². The summed E-state index contributed by atoms with van der Waals surface area (Å²) >= 11 is 0. The zero-order chi connectivity index (χ0) is 14.0. The lowest BCUT2D eigenvalue weighted by Crippen LogP contribution is -2.04. The minimum absolute atomic E-state index is 0.0657. The van der Waals surface area contributed by atoms with Crippen molar-refractivity contribution in [3.8, 4) is 11.3 Å². The number of hydrogen-bond donors (Lipinski definition) is 1. The minimum Gasteiger partial charge on any atom is -0.384 e. The first-order valence-corrected chi connectivity index (χ1v) is 5.29. The monoisotopic (exact) mass is 269 g/mol. The Morgan fingerprint density at radius 3 is 2.58 bits per heavy atom. The van der Waals surface area contributed by atoms with Crippen LogP contribution in [0.3, 0.4) is 0 Å². The predicted molar refractivity (Wildman–Crippen MR) is 62.5 cm³/mol. The average Bonchev–Trinajstić information content (AvgIpc) is 2.36. The molecule has 1 heterocycles. The van der Waals surface area contributed by atoms with E-state index in [0.717, 1.165) is 12.1 Å². The summed E-state index contributed by atoms with van der Waals surface area (Å²) < 4.78 is 44.5. The maximum atomic E-state index is 13.6. The number of nitrogen functional groups attached to an aromatic ring is 1. The molecular weight excluding hydrogens is 259 g/mol. The van der Waals surface area contributed by atoms with E-state index in [1.54, 1.807) is 0 Å². The Morgan fingerprint density at radius 2 is 1.89 bits per heavy atom. The molecule has 0 aliphatic heterocycles. The molecule has 0 amide bonds. The molecule has 7 heteroatoms. The van der Waals surface area contributed by atoms with Crippen molar-refractivity contribution in [2.24, 2.45) is 0 Å². The van der Waals surface area contributed by atoms with Gasteiger partial charge in [0.05, 0.1) is 5.69 Å². The molecule has 2 aromatic rings. The second-order valence-corrected chi connectivity index (χ2v) is 3.75. The van der Waals surface area contributed by atoms with Gasteiger partial charge in [0.25, 0.3) is 0 Å². The average molecular weight is 269 g/mol. The topological polar surface area (TPSA) is 61.0 Å². The van der Waals surface area contributed by atoms with E-state index in [2.05, 4.69) is 9.97 Å². The highest BCUT2D eigenvalue weighted by molar-refractivity contribution is 5.62. The van der Waals surface area contributed by atoms with Crippen LogP contribution in [-0.4, -0.2) is 17.1 Å². The minimum atomic E-state index is -1.55. The highest BCUT2D eigenvalue weighted by Crippen LogP contribution is 2.25. The third-order valence-corrected chi connectivity index (χ3v) is 2.38. The number of anilines is 1. The van der Waals surface area contributed by atoms with Crippen molar-refractivity contribution in [2.75, 3.05) is 12.8 Å². The second-order valence-electron chi connectivity index (χ2n) is 3.75.